The largest absolute Gasteiger partial charge is 0.298 e. The van der Waals surface area contributed by atoms with Crippen LogP contribution < -0.4 is 5.32 Å². The molecule has 0 unspecified atom stereocenters. The number of carbonyl (C=O) groups is 1. The molecule has 1 N–H and O–H groups in total. The summed E-state index contributed by atoms with van der Waals surface area (Å²) in [5, 5.41) is 3.52. The molecule has 0 aliphatic rings. The summed E-state index contributed by atoms with van der Waals surface area (Å²) in [5.41, 5.74) is 3.61. The summed E-state index contributed by atoms with van der Waals surface area (Å²) in [7, 11) is 0. The molecule has 26 heavy (non-hydrogen) atoms. The lowest BCUT2D eigenvalue weighted by Gasteiger charge is -2.02. The third kappa shape index (κ3) is 3.41. The van der Waals surface area contributed by atoms with Crippen LogP contribution in [0.4, 0.5) is 5.13 Å². The lowest BCUT2D eigenvalue weighted by Crippen LogP contribution is -2.11. The molecule has 0 radical (unpaired) electrons. The molecule has 4 aromatic rings. The van der Waals surface area contributed by atoms with Crippen LogP contribution in [0.25, 0.3) is 21.7 Å². The summed E-state index contributed by atoms with van der Waals surface area (Å²) in [4.78, 5) is 18.2. The van der Waals surface area contributed by atoms with Crippen molar-refractivity contribution in [2.75, 3.05) is 5.32 Å². The Kier molecular flexibility index (Phi) is 4.58. The van der Waals surface area contributed by atoms with Crippen molar-refractivity contribution in [2.45, 2.75) is 0 Å². The summed E-state index contributed by atoms with van der Waals surface area (Å²) >= 11 is 1.49. The molecule has 0 saturated heterocycles. The van der Waals surface area contributed by atoms with Crippen LogP contribution in [0.2, 0.25) is 0 Å². The van der Waals surface area contributed by atoms with Crippen molar-refractivity contribution in [3.05, 3.63) is 96.6 Å². The highest BCUT2D eigenvalue weighted by Gasteiger charge is 2.16. The summed E-state index contributed by atoms with van der Waals surface area (Å²) in [5.74, 6) is -0.154. The van der Waals surface area contributed by atoms with Crippen LogP contribution in [-0.2, 0) is 0 Å². The molecule has 4 rings (SSSR count). The molecule has 1 aromatic heterocycles. The summed E-state index contributed by atoms with van der Waals surface area (Å²) in [6.45, 7) is 0. The average Bonchev–Trinajstić information content (AvgIpc) is 3.14. The predicted octanol–water partition coefficient (Wildman–Crippen LogP) is 5.73. The van der Waals surface area contributed by atoms with Crippen molar-refractivity contribution in [1.82, 2.24) is 4.98 Å². The normalized spacial score (nSPS) is 10.5. The third-order valence-electron chi connectivity index (χ3n) is 3.97. The molecule has 0 spiro atoms. The third-order valence-corrected chi connectivity index (χ3v) is 4.99. The van der Waals surface area contributed by atoms with E-state index in [1.165, 1.54) is 11.3 Å². The van der Waals surface area contributed by atoms with Crippen molar-refractivity contribution >= 4 is 22.4 Å². The number of benzene rings is 3. The van der Waals surface area contributed by atoms with Crippen LogP contribution in [0.5, 0.6) is 0 Å². The number of hydrogen-bond acceptors (Lipinski definition) is 3. The van der Waals surface area contributed by atoms with E-state index in [1.807, 2.05) is 66.7 Å². The van der Waals surface area contributed by atoms with Crippen LogP contribution in [0, 0.1) is 0 Å². The Labute approximate surface area is 156 Å². The second-order valence-corrected chi connectivity index (χ2v) is 6.75. The smallest absolute Gasteiger partial charge is 0.257 e. The van der Waals surface area contributed by atoms with E-state index < -0.39 is 0 Å². The Bertz CT molecular complexity index is 955. The van der Waals surface area contributed by atoms with Crippen molar-refractivity contribution in [2.24, 2.45) is 0 Å². The summed E-state index contributed by atoms with van der Waals surface area (Å²) < 4.78 is 0. The second-order valence-electron chi connectivity index (χ2n) is 5.75. The Balaban J connectivity index is 1.73. The number of rotatable bonds is 4. The van der Waals surface area contributed by atoms with Crippen LogP contribution in [0.1, 0.15) is 10.4 Å². The molecule has 0 aliphatic carbocycles. The number of nitrogens with one attached hydrogen (secondary N) is 1. The van der Waals surface area contributed by atoms with Crippen molar-refractivity contribution in [1.29, 1.82) is 0 Å². The van der Waals surface area contributed by atoms with Gasteiger partial charge in [0.05, 0.1) is 10.6 Å². The van der Waals surface area contributed by atoms with Gasteiger partial charge in [0.1, 0.15) is 0 Å². The number of thiazole rings is 1. The number of amides is 1. The molecule has 0 fully saturated rings. The first-order valence-corrected chi connectivity index (χ1v) is 9.11. The van der Waals surface area contributed by atoms with E-state index in [0.717, 1.165) is 21.7 Å². The maximum absolute atomic E-state index is 12.5. The highest BCUT2D eigenvalue weighted by molar-refractivity contribution is 7.19. The van der Waals surface area contributed by atoms with Gasteiger partial charge in [-0.05, 0) is 17.7 Å². The minimum Gasteiger partial charge on any atom is -0.298 e. The van der Waals surface area contributed by atoms with E-state index >= 15 is 0 Å². The van der Waals surface area contributed by atoms with Crippen LogP contribution in [0.15, 0.2) is 91.0 Å². The number of hydrogen-bond donors (Lipinski definition) is 1. The predicted molar refractivity (Wildman–Crippen MR) is 107 cm³/mol. The van der Waals surface area contributed by atoms with Gasteiger partial charge in [0.25, 0.3) is 5.91 Å². The first kappa shape index (κ1) is 16.2. The van der Waals surface area contributed by atoms with Crippen molar-refractivity contribution in [3.8, 4) is 21.7 Å². The maximum Gasteiger partial charge on any atom is 0.257 e. The number of anilines is 1. The molecule has 3 aromatic carbocycles. The van der Waals surface area contributed by atoms with E-state index in [4.69, 9.17) is 4.98 Å². The van der Waals surface area contributed by atoms with Gasteiger partial charge in [-0.3, -0.25) is 10.1 Å². The van der Waals surface area contributed by atoms with Crippen LogP contribution >= 0.6 is 11.3 Å². The molecular formula is C22H16N2OS. The van der Waals surface area contributed by atoms with Gasteiger partial charge in [-0.15, -0.1) is 0 Å². The van der Waals surface area contributed by atoms with Crippen LogP contribution in [-0.4, -0.2) is 10.9 Å². The SMILES string of the molecule is O=C(Nc1nc(-c2ccccc2)c(-c2ccccc2)s1)c1ccccc1. The first-order valence-electron chi connectivity index (χ1n) is 8.29. The van der Waals surface area contributed by atoms with Gasteiger partial charge in [-0.25, -0.2) is 4.98 Å². The monoisotopic (exact) mass is 356 g/mol. The Hall–Kier alpha value is -3.24. The van der Waals surface area contributed by atoms with Crippen LogP contribution in [0.3, 0.4) is 0 Å². The minimum atomic E-state index is -0.154. The first-order chi connectivity index (χ1) is 12.8. The van der Waals surface area contributed by atoms with Gasteiger partial charge in [-0.1, -0.05) is 90.2 Å². The number of carbonyl (C=O) groups excluding carboxylic acids is 1. The fourth-order valence-electron chi connectivity index (χ4n) is 2.71. The number of aromatic nitrogens is 1. The lowest BCUT2D eigenvalue weighted by molar-refractivity contribution is 0.102. The topological polar surface area (TPSA) is 42.0 Å². The van der Waals surface area contributed by atoms with Gasteiger partial charge in [-0.2, -0.15) is 0 Å². The average molecular weight is 356 g/mol. The molecule has 1 amide bonds. The highest BCUT2D eigenvalue weighted by atomic mass is 32.1. The van der Waals surface area contributed by atoms with E-state index in [9.17, 15) is 4.79 Å². The maximum atomic E-state index is 12.5. The molecule has 0 aliphatic heterocycles. The zero-order valence-electron chi connectivity index (χ0n) is 13.9. The fraction of sp³-hybridized carbons (Fsp3) is 0. The number of nitrogens with zero attached hydrogens (tertiary/aromatic N) is 1. The molecule has 0 saturated carbocycles. The van der Waals surface area contributed by atoms with Gasteiger partial charge in [0, 0.05) is 11.1 Å². The summed E-state index contributed by atoms with van der Waals surface area (Å²) in [6.07, 6.45) is 0. The minimum absolute atomic E-state index is 0.154. The second kappa shape index (κ2) is 7.33. The van der Waals surface area contributed by atoms with E-state index in [-0.39, 0.29) is 5.91 Å². The van der Waals surface area contributed by atoms with Crippen molar-refractivity contribution in [3.63, 3.8) is 0 Å². The zero-order valence-corrected chi connectivity index (χ0v) is 14.7. The van der Waals surface area contributed by atoms with Crippen molar-refractivity contribution < 1.29 is 4.79 Å². The van der Waals surface area contributed by atoms with E-state index in [2.05, 4.69) is 17.4 Å². The Morgan fingerprint density at radius 2 is 1.27 bits per heavy atom. The Morgan fingerprint density at radius 3 is 1.88 bits per heavy atom. The molecule has 1 heterocycles. The van der Waals surface area contributed by atoms with E-state index in [1.54, 1.807) is 12.1 Å². The molecule has 126 valence electrons. The molecule has 3 nitrogen and oxygen atoms in total. The molecule has 0 bridgehead atoms. The Morgan fingerprint density at radius 1 is 0.731 bits per heavy atom. The van der Waals surface area contributed by atoms with Gasteiger partial charge in [0.15, 0.2) is 5.13 Å². The quantitative estimate of drug-likeness (QED) is 0.507. The molecule has 4 heteroatoms. The zero-order chi connectivity index (χ0) is 17.8. The molecule has 0 atom stereocenters. The van der Waals surface area contributed by atoms with E-state index in [0.29, 0.717) is 10.7 Å². The van der Waals surface area contributed by atoms with Gasteiger partial charge < -0.3 is 0 Å². The lowest BCUT2D eigenvalue weighted by atomic mass is 10.1. The standard InChI is InChI=1S/C22H16N2OS/c25-21(18-14-8-3-9-15-18)24-22-23-19(16-10-4-1-5-11-16)20(26-22)17-12-6-2-7-13-17/h1-15H,(H,23,24,25). The fourth-order valence-corrected chi connectivity index (χ4v) is 3.70. The van der Waals surface area contributed by atoms with Gasteiger partial charge in [0.2, 0.25) is 0 Å². The summed E-state index contributed by atoms with van der Waals surface area (Å²) in [6, 6.07) is 29.3. The highest BCUT2D eigenvalue weighted by Crippen LogP contribution is 2.38. The molecular weight excluding hydrogens is 340 g/mol. The van der Waals surface area contributed by atoms with Gasteiger partial charge >= 0.3 is 0 Å².